The highest BCUT2D eigenvalue weighted by Crippen LogP contribution is 2.17. The lowest BCUT2D eigenvalue weighted by Crippen LogP contribution is -2.32. The van der Waals surface area contributed by atoms with Crippen LogP contribution in [0.3, 0.4) is 0 Å². The second kappa shape index (κ2) is 8.90. The van der Waals surface area contributed by atoms with Crippen molar-refractivity contribution in [2.24, 2.45) is 0 Å². The summed E-state index contributed by atoms with van der Waals surface area (Å²) in [5, 5.41) is 13.8. The summed E-state index contributed by atoms with van der Waals surface area (Å²) in [7, 11) is 0. The van der Waals surface area contributed by atoms with Gasteiger partial charge in [0.2, 0.25) is 0 Å². The van der Waals surface area contributed by atoms with E-state index in [1.165, 1.54) is 11.0 Å². The second-order valence-electron chi connectivity index (χ2n) is 6.29. The van der Waals surface area contributed by atoms with Gasteiger partial charge in [-0.05, 0) is 41.5 Å². The molecule has 0 radical (unpaired) electrons. The predicted molar refractivity (Wildman–Crippen MR) is 102 cm³/mol. The number of aryl methyl sites for hydroxylation is 1. The first-order valence-corrected chi connectivity index (χ1v) is 8.94. The molecular weight excluding hydrogens is 358 g/mol. The van der Waals surface area contributed by atoms with Crippen LogP contribution >= 0.6 is 0 Å². The van der Waals surface area contributed by atoms with Crippen molar-refractivity contribution in [2.45, 2.75) is 26.3 Å². The fraction of sp³-hybridized carbons (Fsp3) is 0.250. The highest BCUT2D eigenvalue weighted by Gasteiger charge is 2.18. The van der Waals surface area contributed by atoms with E-state index >= 15 is 0 Å². The molecule has 1 atom stereocenters. The zero-order valence-corrected chi connectivity index (χ0v) is 15.7. The van der Waals surface area contributed by atoms with E-state index in [1.807, 2.05) is 38.1 Å². The maximum Gasteiger partial charge on any atom is 0.340 e. The van der Waals surface area contributed by atoms with Crippen LogP contribution in [0.2, 0.25) is 0 Å². The average Bonchev–Trinajstić information content (AvgIpc) is 3.26. The summed E-state index contributed by atoms with van der Waals surface area (Å²) in [6.07, 6.45) is 2.11. The summed E-state index contributed by atoms with van der Waals surface area (Å²) in [5.41, 5.74) is 2.91. The van der Waals surface area contributed by atoms with Gasteiger partial charge in [-0.25, -0.2) is 4.79 Å². The first-order valence-electron chi connectivity index (χ1n) is 8.94. The number of rotatable bonds is 7. The van der Waals surface area contributed by atoms with E-state index in [9.17, 15) is 9.59 Å². The molecule has 0 fully saturated rings. The lowest BCUT2D eigenvalue weighted by atomic mass is 10.0. The van der Waals surface area contributed by atoms with Gasteiger partial charge >= 0.3 is 5.97 Å². The lowest BCUT2D eigenvalue weighted by molar-refractivity contribution is -0.125. The summed E-state index contributed by atoms with van der Waals surface area (Å²) in [6, 6.07) is 14.6. The molecule has 3 aromatic rings. The Bertz CT molecular complexity index is 939. The predicted octanol–water partition coefficient (Wildman–Crippen LogP) is 2.40. The molecule has 1 aromatic heterocycles. The molecule has 3 rings (SSSR count). The van der Waals surface area contributed by atoms with Gasteiger partial charge in [0.25, 0.3) is 5.91 Å². The number of tetrazole rings is 1. The van der Waals surface area contributed by atoms with E-state index in [-0.39, 0.29) is 24.1 Å². The minimum Gasteiger partial charge on any atom is -0.452 e. The molecule has 2 aromatic carbocycles. The first-order chi connectivity index (χ1) is 13.6. The van der Waals surface area contributed by atoms with Crippen LogP contribution in [-0.2, 0) is 9.53 Å². The Kier molecular flexibility index (Phi) is 6.11. The van der Waals surface area contributed by atoms with E-state index in [0.717, 1.165) is 17.5 Å². The number of amides is 1. The Morgan fingerprint density at radius 3 is 2.57 bits per heavy atom. The van der Waals surface area contributed by atoms with E-state index in [4.69, 9.17) is 4.74 Å². The van der Waals surface area contributed by atoms with Crippen LogP contribution in [0.15, 0.2) is 54.9 Å². The maximum atomic E-state index is 12.4. The molecule has 0 spiro atoms. The smallest absolute Gasteiger partial charge is 0.340 e. The molecule has 8 heteroatoms. The van der Waals surface area contributed by atoms with Gasteiger partial charge < -0.3 is 10.1 Å². The SMILES string of the molecule is CC[C@H](NC(=O)COC(=O)c1ccccc1-n1cnnn1)c1ccc(C)cc1. The number of ether oxygens (including phenoxy) is 1. The van der Waals surface area contributed by atoms with Crippen LogP contribution in [-0.4, -0.2) is 38.7 Å². The fourth-order valence-electron chi connectivity index (χ4n) is 2.78. The number of benzene rings is 2. The van der Waals surface area contributed by atoms with Gasteiger partial charge in [-0.15, -0.1) is 5.10 Å². The van der Waals surface area contributed by atoms with Crippen LogP contribution in [0.4, 0.5) is 0 Å². The zero-order chi connectivity index (χ0) is 19.9. The standard InChI is InChI=1S/C20H21N5O3/c1-3-17(15-10-8-14(2)9-11-15)22-19(26)12-28-20(27)16-6-4-5-7-18(16)25-13-21-23-24-25/h4-11,13,17H,3,12H2,1-2H3,(H,22,26)/t17-/m0/s1. The molecule has 0 saturated carbocycles. The van der Waals surface area contributed by atoms with E-state index in [1.54, 1.807) is 24.3 Å². The third-order valence-electron chi connectivity index (χ3n) is 4.28. The molecule has 1 N–H and O–H groups in total. The lowest BCUT2D eigenvalue weighted by Gasteiger charge is -2.18. The molecule has 0 aliphatic carbocycles. The summed E-state index contributed by atoms with van der Waals surface area (Å²) in [6.45, 7) is 3.63. The van der Waals surface area contributed by atoms with Crippen molar-refractivity contribution in [3.05, 3.63) is 71.5 Å². The van der Waals surface area contributed by atoms with Crippen molar-refractivity contribution >= 4 is 11.9 Å². The van der Waals surface area contributed by atoms with E-state index < -0.39 is 5.97 Å². The van der Waals surface area contributed by atoms with Crippen LogP contribution in [0, 0.1) is 6.92 Å². The van der Waals surface area contributed by atoms with Crippen LogP contribution in [0.1, 0.15) is 40.9 Å². The second-order valence-corrected chi connectivity index (χ2v) is 6.29. The minimum atomic E-state index is -0.621. The van der Waals surface area contributed by atoms with Crippen LogP contribution in [0.25, 0.3) is 5.69 Å². The third-order valence-corrected chi connectivity index (χ3v) is 4.28. The number of nitrogens with one attached hydrogen (secondary N) is 1. The normalized spacial score (nSPS) is 11.6. The van der Waals surface area contributed by atoms with Gasteiger partial charge in [-0.3, -0.25) is 4.79 Å². The van der Waals surface area contributed by atoms with Crippen molar-refractivity contribution in [3.8, 4) is 5.69 Å². The summed E-state index contributed by atoms with van der Waals surface area (Å²) in [4.78, 5) is 24.7. The van der Waals surface area contributed by atoms with Crippen molar-refractivity contribution in [1.29, 1.82) is 0 Å². The molecule has 0 aliphatic heterocycles. The topological polar surface area (TPSA) is 99.0 Å². The summed E-state index contributed by atoms with van der Waals surface area (Å²) < 4.78 is 6.56. The maximum absolute atomic E-state index is 12.4. The van der Waals surface area contributed by atoms with Gasteiger partial charge in [0.05, 0.1) is 17.3 Å². The van der Waals surface area contributed by atoms with Gasteiger partial charge in [0.15, 0.2) is 6.61 Å². The highest BCUT2D eigenvalue weighted by atomic mass is 16.5. The third kappa shape index (κ3) is 4.59. The van der Waals surface area contributed by atoms with Gasteiger partial charge in [0, 0.05) is 0 Å². The van der Waals surface area contributed by atoms with Crippen molar-refractivity contribution in [1.82, 2.24) is 25.5 Å². The number of hydrogen-bond donors (Lipinski definition) is 1. The summed E-state index contributed by atoms with van der Waals surface area (Å²) in [5.74, 6) is -0.981. The minimum absolute atomic E-state index is 0.139. The number of carbonyl (C=O) groups is 2. The molecule has 144 valence electrons. The fourth-order valence-corrected chi connectivity index (χ4v) is 2.78. The molecule has 8 nitrogen and oxygen atoms in total. The number of nitrogens with zero attached hydrogens (tertiary/aromatic N) is 4. The quantitative estimate of drug-likeness (QED) is 0.633. The first kappa shape index (κ1) is 19.2. The molecular formula is C20H21N5O3. The Morgan fingerprint density at radius 1 is 1.14 bits per heavy atom. The molecule has 0 bridgehead atoms. The van der Waals surface area contributed by atoms with Gasteiger partial charge in [-0.2, -0.15) is 4.68 Å². The monoisotopic (exact) mass is 379 g/mol. The number of esters is 1. The van der Waals surface area contributed by atoms with Gasteiger partial charge in [-0.1, -0.05) is 48.9 Å². The van der Waals surface area contributed by atoms with E-state index in [2.05, 4.69) is 20.8 Å². The van der Waals surface area contributed by atoms with Crippen molar-refractivity contribution < 1.29 is 14.3 Å². The van der Waals surface area contributed by atoms with E-state index in [0.29, 0.717) is 5.69 Å². The highest BCUT2D eigenvalue weighted by molar-refractivity contribution is 5.94. The van der Waals surface area contributed by atoms with Crippen molar-refractivity contribution in [3.63, 3.8) is 0 Å². The number of aromatic nitrogens is 4. The Morgan fingerprint density at radius 2 is 1.89 bits per heavy atom. The molecule has 1 heterocycles. The van der Waals surface area contributed by atoms with Gasteiger partial charge in [0.1, 0.15) is 6.33 Å². The Balaban J connectivity index is 1.62. The molecule has 0 saturated heterocycles. The number of carbonyl (C=O) groups excluding carboxylic acids is 2. The number of hydrogen-bond acceptors (Lipinski definition) is 6. The molecule has 1 amide bonds. The Hall–Kier alpha value is -3.55. The molecule has 28 heavy (non-hydrogen) atoms. The zero-order valence-electron chi connectivity index (χ0n) is 15.7. The molecule has 0 unspecified atom stereocenters. The average molecular weight is 379 g/mol. The Labute approximate surface area is 162 Å². The largest absolute Gasteiger partial charge is 0.452 e. The van der Waals surface area contributed by atoms with Crippen LogP contribution in [0.5, 0.6) is 0 Å². The molecule has 0 aliphatic rings. The van der Waals surface area contributed by atoms with Crippen molar-refractivity contribution in [2.75, 3.05) is 6.61 Å². The number of para-hydroxylation sites is 1. The van der Waals surface area contributed by atoms with Crippen LogP contribution < -0.4 is 5.32 Å². The summed E-state index contributed by atoms with van der Waals surface area (Å²) >= 11 is 0.